The van der Waals surface area contributed by atoms with Gasteiger partial charge >= 0.3 is 0 Å². The van der Waals surface area contributed by atoms with E-state index in [1.165, 1.54) is 0 Å². The van der Waals surface area contributed by atoms with E-state index in [-0.39, 0.29) is 6.54 Å². The molecular weight excluding hydrogens is 280 g/mol. The molecule has 0 fully saturated rings. The van der Waals surface area contributed by atoms with E-state index >= 15 is 0 Å². The zero-order chi connectivity index (χ0) is 12.1. The molecule has 16 heavy (non-hydrogen) atoms. The molecule has 6 heteroatoms. The molecule has 1 aromatic rings. The van der Waals surface area contributed by atoms with Crippen LogP contribution in [0.25, 0.3) is 0 Å². The van der Waals surface area contributed by atoms with Gasteiger partial charge in [-0.15, -0.1) is 0 Å². The van der Waals surface area contributed by atoms with Crippen LogP contribution in [-0.2, 0) is 0 Å². The van der Waals surface area contributed by atoms with E-state index in [2.05, 4.69) is 25.9 Å². The second-order valence-electron chi connectivity index (χ2n) is 3.45. The van der Waals surface area contributed by atoms with Crippen molar-refractivity contribution in [2.24, 2.45) is 0 Å². The number of hydrogen-bond donors (Lipinski definition) is 0. The molecule has 0 saturated heterocycles. The summed E-state index contributed by atoms with van der Waals surface area (Å²) in [5.41, 5.74) is 1.40. The summed E-state index contributed by atoms with van der Waals surface area (Å²) in [6.45, 7) is 3.74. The van der Waals surface area contributed by atoms with Crippen LogP contribution in [0.15, 0.2) is 6.20 Å². The lowest BCUT2D eigenvalue weighted by molar-refractivity contribution is 0.155. The maximum atomic E-state index is 12.4. The van der Waals surface area contributed by atoms with Crippen LogP contribution < -0.4 is 4.90 Å². The summed E-state index contributed by atoms with van der Waals surface area (Å²) in [6, 6.07) is 0. The topological polar surface area (TPSA) is 29.0 Å². The Kier molecular flexibility index (Phi) is 5.05. The quantitative estimate of drug-likeness (QED) is 0.782. The van der Waals surface area contributed by atoms with E-state index in [0.717, 1.165) is 5.69 Å². The van der Waals surface area contributed by atoms with E-state index in [1.807, 2.05) is 0 Å². The van der Waals surface area contributed by atoms with Crippen LogP contribution in [-0.4, -0.2) is 34.8 Å². The van der Waals surface area contributed by atoms with Crippen LogP contribution in [0.3, 0.4) is 0 Å². The number of hydrogen-bond acceptors (Lipinski definition) is 3. The second-order valence-corrected chi connectivity index (χ2v) is 4.24. The van der Waals surface area contributed by atoms with Gasteiger partial charge in [0.15, 0.2) is 5.82 Å². The van der Waals surface area contributed by atoms with Crippen LogP contribution in [0, 0.1) is 13.8 Å². The normalized spacial score (nSPS) is 10.9. The monoisotopic (exact) mass is 293 g/mol. The van der Waals surface area contributed by atoms with Crippen molar-refractivity contribution in [1.29, 1.82) is 0 Å². The maximum Gasteiger partial charge on any atom is 0.255 e. The molecular formula is C10H14BrF2N3. The Morgan fingerprint density at radius 3 is 2.69 bits per heavy atom. The van der Waals surface area contributed by atoms with Crippen LogP contribution in [0.4, 0.5) is 14.6 Å². The number of anilines is 1. The van der Waals surface area contributed by atoms with Crippen LogP contribution in [0.2, 0.25) is 0 Å². The lowest BCUT2D eigenvalue weighted by Gasteiger charge is -2.23. The predicted molar refractivity (Wildman–Crippen MR) is 63.5 cm³/mol. The van der Waals surface area contributed by atoms with Gasteiger partial charge in [0.05, 0.1) is 17.9 Å². The molecule has 90 valence electrons. The summed E-state index contributed by atoms with van der Waals surface area (Å²) in [6.07, 6.45) is -0.742. The first-order valence-electron chi connectivity index (χ1n) is 4.94. The molecule has 0 saturated carbocycles. The standard InChI is InChI=1S/C10H14BrF2N3/c1-7-5-14-8(2)10(15-7)16(4-3-11)6-9(12)13/h5,9H,3-4,6H2,1-2H3. The third kappa shape index (κ3) is 3.66. The van der Waals surface area contributed by atoms with Gasteiger partial charge in [-0.3, -0.25) is 4.98 Å². The molecule has 0 aliphatic heterocycles. The number of aromatic nitrogens is 2. The third-order valence-electron chi connectivity index (χ3n) is 2.06. The average Bonchev–Trinajstić information content (AvgIpc) is 2.20. The van der Waals surface area contributed by atoms with Crippen molar-refractivity contribution in [2.75, 3.05) is 23.3 Å². The van der Waals surface area contributed by atoms with Gasteiger partial charge in [-0.25, -0.2) is 13.8 Å². The van der Waals surface area contributed by atoms with Crippen LogP contribution >= 0.6 is 15.9 Å². The van der Waals surface area contributed by atoms with E-state index < -0.39 is 6.43 Å². The van der Waals surface area contributed by atoms with Crippen molar-refractivity contribution >= 4 is 21.7 Å². The molecule has 0 spiro atoms. The predicted octanol–water partition coefficient (Wildman–Crippen LogP) is 2.56. The summed E-state index contributed by atoms with van der Waals surface area (Å²) in [5.74, 6) is 0.541. The smallest absolute Gasteiger partial charge is 0.255 e. The van der Waals surface area contributed by atoms with Crippen LogP contribution in [0.5, 0.6) is 0 Å². The Bertz CT molecular complexity index is 347. The van der Waals surface area contributed by atoms with Crippen molar-refractivity contribution in [3.05, 3.63) is 17.6 Å². The lowest BCUT2D eigenvalue weighted by Crippen LogP contribution is -2.32. The molecule has 0 aliphatic rings. The molecule has 0 atom stereocenters. The first kappa shape index (κ1) is 13.3. The summed E-state index contributed by atoms with van der Waals surface area (Å²) in [7, 11) is 0. The first-order chi connectivity index (χ1) is 7.54. The molecule has 1 aromatic heterocycles. The Morgan fingerprint density at radius 2 is 2.12 bits per heavy atom. The Balaban J connectivity index is 2.94. The highest BCUT2D eigenvalue weighted by molar-refractivity contribution is 9.09. The first-order valence-corrected chi connectivity index (χ1v) is 6.06. The largest absolute Gasteiger partial charge is 0.349 e. The van der Waals surface area contributed by atoms with Gasteiger partial charge in [-0.2, -0.15) is 0 Å². The number of alkyl halides is 3. The van der Waals surface area contributed by atoms with Gasteiger partial charge in [0.1, 0.15) is 0 Å². The summed E-state index contributed by atoms with van der Waals surface area (Å²) in [4.78, 5) is 9.93. The zero-order valence-corrected chi connectivity index (χ0v) is 10.8. The molecule has 1 rings (SSSR count). The minimum Gasteiger partial charge on any atom is -0.349 e. The Hall–Kier alpha value is -0.780. The fraction of sp³-hybridized carbons (Fsp3) is 0.600. The van der Waals surface area contributed by atoms with E-state index in [1.54, 1.807) is 24.9 Å². The summed E-state index contributed by atoms with van der Waals surface area (Å²) >= 11 is 3.25. The zero-order valence-electron chi connectivity index (χ0n) is 9.25. The third-order valence-corrected chi connectivity index (χ3v) is 2.42. The summed E-state index contributed by atoms with van der Waals surface area (Å²) < 4.78 is 24.8. The minimum absolute atomic E-state index is 0.315. The SMILES string of the molecule is Cc1cnc(C)c(N(CCBr)CC(F)F)n1. The van der Waals surface area contributed by atoms with Gasteiger partial charge in [-0.05, 0) is 13.8 Å². The van der Waals surface area contributed by atoms with Gasteiger partial charge < -0.3 is 4.90 Å². The Labute approximate surface area is 102 Å². The molecule has 0 unspecified atom stereocenters. The molecule has 0 amide bonds. The van der Waals surface area contributed by atoms with Gasteiger partial charge in [0.25, 0.3) is 6.43 Å². The lowest BCUT2D eigenvalue weighted by atomic mass is 10.3. The summed E-state index contributed by atoms with van der Waals surface area (Å²) in [5, 5.41) is 0.620. The molecule has 0 N–H and O–H groups in total. The van der Waals surface area contributed by atoms with E-state index in [4.69, 9.17) is 0 Å². The van der Waals surface area contributed by atoms with Crippen molar-refractivity contribution in [3.8, 4) is 0 Å². The minimum atomic E-state index is -2.37. The van der Waals surface area contributed by atoms with Crippen molar-refractivity contribution in [3.63, 3.8) is 0 Å². The molecule has 0 radical (unpaired) electrons. The fourth-order valence-electron chi connectivity index (χ4n) is 1.38. The van der Waals surface area contributed by atoms with Gasteiger partial charge in [-0.1, -0.05) is 15.9 Å². The fourth-order valence-corrected chi connectivity index (χ4v) is 1.80. The molecule has 1 heterocycles. The number of nitrogens with zero attached hydrogens (tertiary/aromatic N) is 3. The van der Waals surface area contributed by atoms with E-state index in [9.17, 15) is 8.78 Å². The number of rotatable bonds is 5. The molecule has 0 bridgehead atoms. The Morgan fingerprint density at radius 1 is 1.44 bits per heavy atom. The number of aryl methyl sites for hydroxylation is 2. The van der Waals surface area contributed by atoms with Gasteiger partial charge in [0, 0.05) is 18.1 Å². The molecule has 3 nitrogen and oxygen atoms in total. The van der Waals surface area contributed by atoms with E-state index in [0.29, 0.717) is 23.4 Å². The van der Waals surface area contributed by atoms with Crippen molar-refractivity contribution < 1.29 is 8.78 Å². The van der Waals surface area contributed by atoms with Crippen molar-refractivity contribution in [1.82, 2.24) is 9.97 Å². The highest BCUT2D eigenvalue weighted by Gasteiger charge is 2.16. The molecule has 0 aliphatic carbocycles. The number of halogens is 3. The van der Waals surface area contributed by atoms with Crippen LogP contribution in [0.1, 0.15) is 11.4 Å². The highest BCUT2D eigenvalue weighted by Crippen LogP contribution is 2.16. The van der Waals surface area contributed by atoms with Crippen molar-refractivity contribution in [2.45, 2.75) is 20.3 Å². The second kappa shape index (κ2) is 6.08. The van der Waals surface area contributed by atoms with Gasteiger partial charge in [0.2, 0.25) is 0 Å². The average molecular weight is 294 g/mol. The molecule has 0 aromatic carbocycles. The maximum absolute atomic E-state index is 12.4. The highest BCUT2D eigenvalue weighted by atomic mass is 79.9.